The Hall–Kier alpha value is -1.79. The van der Waals surface area contributed by atoms with Crippen molar-refractivity contribution in [3.8, 4) is 0 Å². The zero-order valence-electron chi connectivity index (χ0n) is 7.26. The van der Waals surface area contributed by atoms with E-state index in [1.807, 2.05) is 0 Å². The lowest BCUT2D eigenvalue weighted by Crippen LogP contribution is -2.29. The minimum absolute atomic E-state index is 0.620. The highest BCUT2D eigenvalue weighted by atomic mass is 19.3. The van der Waals surface area contributed by atoms with Gasteiger partial charge in [0.1, 0.15) is 5.57 Å². The molecule has 0 aliphatic heterocycles. The summed E-state index contributed by atoms with van der Waals surface area (Å²) in [6, 6.07) is 0. The molecule has 0 saturated heterocycles. The fourth-order valence-electron chi connectivity index (χ4n) is 1.16. The minimum Gasteiger partial charge on any atom is -0.478 e. The van der Waals surface area contributed by atoms with Gasteiger partial charge in [-0.2, -0.15) is 8.78 Å². The van der Waals surface area contributed by atoms with Crippen molar-refractivity contribution in [1.29, 1.82) is 0 Å². The first-order chi connectivity index (χ1) is 6.77. The third-order valence-corrected chi connectivity index (χ3v) is 1.85. The topological polar surface area (TPSA) is 80.4 Å². The van der Waals surface area contributed by atoms with Gasteiger partial charge in [0.15, 0.2) is 5.83 Å². The molecule has 1 aliphatic carbocycles. The Morgan fingerprint density at radius 3 is 2.40 bits per heavy atom. The van der Waals surface area contributed by atoms with E-state index >= 15 is 0 Å². The largest absolute Gasteiger partial charge is 0.478 e. The van der Waals surface area contributed by atoms with Crippen LogP contribution in [0.15, 0.2) is 23.0 Å². The number of carbonyl (C=O) groups is 2. The number of alkyl halides is 2. The molecule has 15 heavy (non-hydrogen) atoms. The van der Waals surface area contributed by atoms with Crippen LogP contribution in [-0.4, -0.2) is 22.9 Å². The molecule has 0 radical (unpaired) electrons. The number of carbonyl (C=O) groups excluding carboxylic acids is 1. The number of nitrogens with two attached hydrogens (primary N) is 1. The molecule has 0 unspecified atom stereocenters. The van der Waals surface area contributed by atoms with Gasteiger partial charge < -0.3 is 10.8 Å². The number of halogens is 3. The summed E-state index contributed by atoms with van der Waals surface area (Å²) in [5, 5.41) is 8.48. The Labute approximate surface area is 81.9 Å². The fraction of sp³-hybridized carbons (Fsp3) is 0.250. The van der Waals surface area contributed by atoms with Crippen LogP contribution in [0.2, 0.25) is 0 Å². The van der Waals surface area contributed by atoms with E-state index in [4.69, 9.17) is 10.8 Å². The normalized spacial score (nSPS) is 19.8. The van der Waals surface area contributed by atoms with Gasteiger partial charge in [0.2, 0.25) is 5.91 Å². The van der Waals surface area contributed by atoms with Gasteiger partial charge in [-0.15, -0.1) is 0 Å². The van der Waals surface area contributed by atoms with Gasteiger partial charge in [0.05, 0.1) is 5.57 Å². The van der Waals surface area contributed by atoms with Crippen molar-refractivity contribution in [2.45, 2.75) is 12.3 Å². The van der Waals surface area contributed by atoms with Crippen LogP contribution in [0.25, 0.3) is 0 Å². The van der Waals surface area contributed by atoms with E-state index in [0.29, 0.717) is 6.08 Å². The van der Waals surface area contributed by atoms with Gasteiger partial charge >= 0.3 is 11.9 Å². The monoisotopic (exact) mass is 221 g/mol. The van der Waals surface area contributed by atoms with E-state index in [1.165, 1.54) is 0 Å². The highest BCUT2D eigenvalue weighted by molar-refractivity contribution is 6.08. The van der Waals surface area contributed by atoms with Crippen LogP contribution in [0.3, 0.4) is 0 Å². The Morgan fingerprint density at radius 2 is 2.00 bits per heavy atom. The number of carboxylic acids is 1. The molecule has 82 valence electrons. The average Bonchev–Trinajstić information content (AvgIpc) is 2.08. The maximum Gasteiger partial charge on any atom is 0.339 e. The second-order valence-corrected chi connectivity index (χ2v) is 2.88. The maximum absolute atomic E-state index is 13.0. The molecule has 0 heterocycles. The molecule has 0 atom stereocenters. The molecule has 0 aromatic rings. The molecule has 7 heteroatoms. The molecule has 3 N–H and O–H groups in total. The van der Waals surface area contributed by atoms with Crippen LogP contribution in [0.4, 0.5) is 13.2 Å². The van der Waals surface area contributed by atoms with E-state index < -0.39 is 41.2 Å². The lowest BCUT2D eigenvalue weighted by atomic mass is 9.94. The van der Waals surface area contributed by atoms with E-state index in [2.05, 4.69) is 0 Å². The molecule has 1 aliphatic rings. The predicted molar refractivity (Wildman–Crippen MR) is 42.6 cm³/mol. The number of rotatable bonds is 2. The van der Waals surface area contributed by atoms with Crippen molar-refractivity contribution in [3.63, 3.8) is 0 Å². The number of primary amides is 1. The summed E-state index contributed by atoms with van der Waals surface area (Å²) < 4.78 is 38.5. The third kappa shape index (κ3) is 1.85. The minimum atomic E-state index is -3.90. The van der Waals surface area contributed by atoms with Crippen molar-refractivity contribution in [1.82, 2.24) is 0 Å². The van der Waals surface area contributed by atoms with Gasteiger partial charge in [-0.1, -0.05) is 6.08 Å². The second kappa shape index (κ2) is 3.41. The van der Waals surface area contributed by atoms with Crippen LogP contribution < -0.4 is 5.73 Å². The number of hydrogen-bond acceptors (Lipinski definition) is 2. The first-order valence-electron chi connectivity index (χ1n) is 3.79. The standard InChI is InChI=1S/C8H6F3NO3/c9-5-4(7(14)15)3(6(12)13)1-2-8(5,10)11/h1H,2H2,(H2,12,13)(H,14,15). The molecule has 0 aromatic carbocycles. The number of allylic oxidation sites excluding steroid dienone is 2. The van der Waals surface area contributed by atoms with Crippen molar-refractivity contribution < 1.29 is 27.9 Å². The molecule has 0 saturated carbocycles. The van der Waals surface area contributed by atoms with Gasteiger partial charge in [-0.05, 0) is 0 Å². The van der Waals surface area contributed by atoms with E-state index in [1.54, 1.807) is 0 Å². The van der Waals surface area contributed by atoms with Gasteiger partial charge in [0, 0.05) is 6.42 Å². The number of aliphatic carboxylic acids is 1. The van der Waals surface area contributed by atoms with Gasteiger partial charge in [-0.25, -0.2) is 9.18 Å². The highest BCUT2D eigenvalue weighted by Crippen LogP contribution is 2.38. The lowest BCUT2D eigenvalue weighted by Gasteiger charge is -2.20. The molecule has 0 aromatic heterocycles. The summed E-state index contributed by atoms with van der Waals surface area (Å²) in [7, 11) is 0. The van der Waals surface area contributed by atoms with Crippen LogP contribution in [0, 0.1) is 0 Å². The number of amides is 1. The van der Waals surface area contributed by atoms with Crippen molar-refractivity contribution in [2.24, 2.45) is 5.73 Å². The summed E-state index contributed by atoms with van der Waals surface area (Å²) in [6.45, 7) is 0. The molecule has 0 bridgehead atoms. The first kappa shape index (κ1) is 11.3. The molecular formula is C8H6F3NO3. The average molecular weight is 221 g/mol. The summed E-state index contributed by atoms with van der Waals surface area (Å²) in [4.78, 5) is 21.2. The molecule has 0 spiro atoms. The third-order valence-electron chi connectivity index (χ3n) is 1.85. The van der Waals surface area contributed by atoms with Gasteiger partial charge in [0.25, 0.3) is 0 Å². The molecule has 1 rings (SSSR count). The smallest absolute Gasteiger partial charge is 0.339 e. The van der Waals surface area contributed by atoms with E-state index in [0.717, 1.165) is 0 Å². The Bertz CT molecular complexity index is 398. The van der Waals surface area contributed by atoms with Crippen LogP contribution in [0.1, 0.15) is 6.42 Å². The molecule has 4 nitrogen and oxygen atoms in total. The van der Waals surface area contributed by atoms with Gasteiger partial charge in [-0.3, -0.25) is 4.79 Å². The molecular weight excluding hydrogens is 215 g/mol. The van der Waals surface area contributed by atoms with Crippen LogP contribution in [0.5, 0.6) is 0 Å². The predicted octanol–water partition coefficient (Wildman–Crippen LogP) is 0.745. The summed E-state index contributed by atoms with van der Waals surface area (Å²) >= 11 is 0. The summed E-state index contributed by atoms with van der Waals surface area (Å²) in [6.07, 6.45) is -0.456. The maximum atomic E-state index is 13.0. The molecule has 1 amide bonds. The number of hydrogen-bond donors (Lipinski definition) is 2. The SMILES string of the molecule is NC(=O)C1=CCC(F)(F)C(F)=C1C(=O)O. The van der Waals surface area contributed by atoms with E-state index in [9.17, 15) is 22.8 Å². The van der Waals surface area contributed by atoms with Crippen LogP contribution in [-0.2, 0) is 9.59 Å². The first-order valence-corrected chi connectivity index (χ1v) is 3.79. The highest BCUT2D eigenvalue weighted by Gasteiger charge is 2.43. The summed E-state index contributed by atoms with van der Waals surface area (Å²) in [5.74, 6) is -9.23. The summed E-state index contributed by atoms with van der Waals surface area (Å²) in [5.41, 5.74) is 2.64. The lowest BCUT2D eigenvalue weighted by molar-refractivity contribution is -0.133. The number of carboxylic acid groups (broad SMARTS) is 1. The van der Waals surface area contributed by atoms with Crippen molar-refractivity contribution >= 4 is 11.9 Å². The zero-order valence-corrected chi connectivity index (χ0v) is 7.26. The Balaban J connectivity index is 3.35. The Morgan fingerprint density at radius 1 is 1.47 bits per heavy atom. The zero-order chi connectivity index (χ0) is 11.8. The van der Waals surface area contributed by atoms with Crippen LogP contribution >= 0.6 is 0 Å². The second-order valence-electron chi connectivity index (χ2n) is 2.88. The quantitative estimate of drug-likeness (QED) is 0.721. The van der Waals surface area contributed by atoms with Crippen molar-refractivity contribution in [3.05, 3.63) is 23.0 Å². The Kier molecular flexibility index (Phi) is 2.57. The fourth-order valence-corrected chi connectivity index (χ4v) is 1.16. The van der Waals surface area contributed by atoms with E-state index in [-0.39, 0.29) is 0 Å². The molecule has 0 fully saturated rings. The van der Waals surface area contributed by atoms with Crippen molar-refractivity contribution in [2.75, 3.05) is 0 Å².